The van der Waals surface area contributed by atoms with Crippen molar-refractivity contribution < 1.29 is 0 Å². The highest BCUT2D eigenvalue weighted by atomic mass is 32.2. The largest absolute Gasteiger partial charge is 0.314 e. The van der Waals surface area contributed by atoms with Crippen molar-refractivity contribution in [2.75, 3.05) is 26.2 Å². The standard InChI is InChI=1S/C14H20N2S/c1-2-4-14(17-13-5-6-13)12(3-1)11-16-9-7-15-8-10-16/h1-4,13,15H,5-11H2. The molecule has 2 nitrogen and oxygen atoms in total. The molecule has 1 aliphatic carbocycles. The van der Waals surface area contributed by atoms with Gasteiger partial charge in [-0.25, -0.2) is 0 Å². The number of rotatable bonds is 4. The molecule has 0 radical (unpaired) electrons. The molecule has 1 saturated carbocycles. The lowest BCUT2D eigenvalue weighted by Gasteiger charge is -2.27. The van der Waals surface area contributed by atoms with E-state index < -0.39 is 0 Å². The van der Waals surface area contributed by atoms with E-state index in [4.69, 9.17) is 0 Å². The fourth-order valence-electron chi connectivity index (χ4n) is 2.23. The van der Waals surface area contributed by atoms with Crippen molar-refractivity contribution in [3.8, 4) is 0 Å². The molecular formula is C14H20N2S. The highest BCUT2D eigenvalue weighted by molar-refractivity contribution is 8.00. The van der Waals surface area contributed by atoms with Gasteiger partial charge in [0.1, 0.15) is 0 Å². The smallest absolute Gasteiger partial charge is 0.0245 e. The average Bonchev–Trinajstić information content (AvgIpc) is 3.17. The quantitative estimate of drug-likeness (QED) is 0.880. The van der Waals surface area contributed by atoms with E-state index in [2.05, 4.69) is 46.2 Å². The second kappa shape index (κ2) is 5.42. The van der Waals surface area contributed by atoms with Crippen LogP contribution in [-0.4, -0.2) is 36.3 Å². The van der Waals surface area contributed by atoms with Gasteiger partial charge in [-0.3, -0.25) is 4.90 Å². The second-order valence-electron chi connectivity index (χ2n) is 4.95. The van der Waals surface area contributed by atoms with Crippen LogP contribution < -0.4 is 5.32 Å². The van der Waals surface area contributed by atoms with Crippen molar-refractivity contribution >= 4 is 11.8 Å². The van der Waals surface area contributed by atoms with E-state index in [1.54, 1.807) is 0 Å². The molecule has 1 saturated heterocycles. The third-order valence-electron chi connectivity index (χ3n) is 3.39. The van der Waals surface area contributed by atoms with Gasteiger partial charge in [-0.1, -0.05) is 18.2 Å². The Morgan fingerprint density at radius 3 is 2.71 bits per heavy atom. The molecule has 3 heteroatoms. The van der Waals surface area contributed by atoms with Crippen LogP contribution >= 0.6 is 11.8 Å². The number of benzene rings is 1. The summed E-state index contributed by atoms with van der Waals surface area (Å²) in [6.45, 7) is 5.76. The van der Waals surface area contributed by atoms with Crippen molar-refractivity contribution in [2.45, 2.75) is 29.5 Å². The number of nitrogens with one attached hydrogen (secondary N) is 1. The Morgan fingerprint density at radius 2 is 1.94 bits per heavy atom. The van der Waals surface area contributed by atoms with Gasteiger partial charge in [0.25, 0.3) is 0 Å². The third kappa shape index (κ3) is 3.24. The van der Waals surface area contributed by atoms with Crippen molar-refractivity contribution in [3.05, 3.63) is 29.8 Å². The van der Waals surface area contributed by atoms with E-state index in [0.717, 1.165) is 24.9 Å². The van der Waals surface area contributed by atoms with E-state index in [9.17, 15) is 0 Å². The normalized spacial score (nSPS) is 21.6. The lowest BCUT2D eigenvalue weighted by atomic mass is 10.2. The summed E-state index contributed by atoms with van der Waals surface area (Å²) in [5.41, 5.74) is 1.52. The van der Waals surface area contributed by atoms with Gasteiger partial charge in [0.15, 0.2) is 0 Å². The lowest BCUT2D eigenvalue weighted by molar-refractivity contribution is 0.232. The van der Waals surface area contributed by atoms with Gasteiger partial charge >= 0.3 is 0 Å². The fraction of sp³-hybridized carbons (Fsp3) is 0.571. The van der Waals surface area contributed by atoms with Crippen molar-refractivity contribution in [1.82, 2.24) is 10.2 Å². The van der Waals surface area contributed by atoms with E-state index in [0.29, 0.717) is 0 Å². The van der Waals surface area contributed by atoms with Gasteiger partial charge in [-0.05, 0) is 24.5 Å². The van der Waals surface area contributed by atoms with Crippen LogP contribution in [0, 0.1) is 0 Å². The maximum absolute atomic E-state index is 3.41. The minimum Gasteiger partial charge on any atom is -0.314 e. The van der Waals surface area contributed by atoms with Gasteiger partial charge in [-0.15, -0.1) is 11.8 Å². The molecule has 0 spiro atoms. The molecule has 17 heavy (non-hydrogen) atoms. The summed E-state index contributed by atoms with van der Waals surface area (Å²) in [7, 11) is 0. The number of thioether (sulfide) groups is 1. The molecule has 0 amide bonds. The van der Waals surface area contributed by atoms with Gasteiger partial charge in [0, 0.05) is 42.9 Å². The van der Waals surface area contributed by atoms with E-state index in [-0.39, 0.29) is 0 Å². The molecule has 3 rings (SSSR count). The molecule has 0 atom stereocenters. The molecular weight excluding hydrogens is 228 g/mol. The SMILES string of the molecule is c1ccc(SC2CC2)c(CN2CCNCC2)c1. The Kier molecular flexibility index (Phi) is 3.69. The average molecular weight is 248 g/mol. The molecule has 0 aromatic heterocycles. The minimum absolute atomic E-state index is 0.902. The van der Waals surface area contributed by atoms with E-state index in [1.165, 1.54) is 36.4 Å². The summed E-state index contributed by atoms with van der Waals surface area (Å²) in [6.07, 6.45) is 2.82. The summed E-state index contributed by atoms with van der Waals surface area (Å²) in [5.74, 6) is 0. The summed E-state index contributed by atoms with van der Waals surface area (Å²) in [6, 6.07) is 8.94. The van der Waals surface area contributed by atoms with Crippen LogP contribution in [0.15, 0.2) is 29.2 Å². The molecule has 0 unspecified atom stereocenters. The second-order valence-corrected chi connectivity index (χ2v) is 6.29. The zero-order chi connectivity index (χ0) is 11.5. The first kappa shape index (κ1) is 11.6. The Morgan fingerprint density at radius 1 is 1.18 bits per heavy atom. The Bertz CT molecular complexity index is 370. The number of piperazine rings is 1. The number of hydrogen-bond acceptors (Lipinski definition) is 3. The molecule has 1 aromatic carbocycles. The molecule has 2 fully saturated rings. The molecule has 1 N–H and O–H groups in total. The van der Waals surface area contributed by atoms with E-state index >= 15 is 0 Å². The minimum atomic E-state index is 0.902. The van der Waals surface area contributed by atoms with Crippen LogP contribution in [0.1, 0.15) is 18.4 Å². The topological polar surface area (TPSA) is 15.3 Å². The first-order valence-corrected chi connectivity index (χ1v) is 7.47. The molecule has 92 valence electrons. The van der Waals surface area contributed by atoms with Crippen molar-refractivity contribution in [2.24, 2.45) is 0 Å². The molecule has 1 heterocycles. The van der Waals surface area contributed by atoms with Crippen molar-refractivity contribution in [3.63, 3.8) is 0 Å². The Balaban J connectivity index is 1.67. The molecule has 1 aliphatic heterocycles. The summed E-state index contributed by atoms with van der Waals surface area (Å²) in [4.78, 5) is 4.07. The predicted octanol–water partition coefficient (Wildman–Crippen LogP) is 2.35. The highest BCUT2D eigenvalue weighted by Crippen LogP contribution is 2.40. The third-order valence-corrected chi connectivity index (χ3v) is 4.85. The van der Waals surface area contributed by atoms with Gasteiger partial charge in [0.05, 0.1) is 0 Å². The fourth-order valence-corrected chi connectivity index (χ4v) is 3.40. The van der Waals surface area contributed by atoms with Crippen LogP contribution in [-0.2, 0) is 6.54 Å². The predicted molar refractivity (Wildman–Crippen MR) is 73.5 cm³/mol. The summed E-state index contributed by atoms with van der Waals surface area (Å²) >= 11 is 2.08. The zero-order valence-corrected chi connectivity index (χ0v) is 11.0. The van der Waals surface area contributed by atoms with Gasteiger partial charge in [-0.2, -0.15) is 0 Å². The maximum atomic E-state index is 3.41. The number of nitrogens with zero attached hydrogens (tertiary/aromatic N) is 1. The van der Waals surface area contributed by atoms with Gasteiger partial charge in [0.2, 0.25) is 0 Å². The lowest BCUT2D eigenvalue weighted by Crippen LogP contribution is -2.42. The Hall–Kier alpha value is -0.510. The molecule has 1 aromatic rings. The van der Waals surface area contributed by atoms with Crippen LogP contribution in [0.2, 0.25) is 0 Å². The zero-order valence-electron chi connectivity index (χ0n) is 10.2. The van der Waals surface area contributed by atoms with Crippen LogP contribution in [0.4, 0.5) is 0 Å². The van der Waals surface area contributed by atoms with Crippen molar-refractivity contribution in [1.29, 1.82) is 0 Å². The van der Waals surface area contributed by atoms with Crippen LogP contribution in [0.5, 0.6) is 0 Å². The van der Waals surface area contributed by atoms with Crippen LogP contribution in [0.25, 0.3) is 0 Å². The van der Waals surface area contributed by atoms with E-state index in [1.807, 2.05) is 0 Å². The Labute approximate surface area is 108 Å². The molecule has 2 aliphatic rings. The summed E-state index contributed by atoms with van der Waals surface area (Å²) < 4.78 is 0. The maximum Gasteiger partial charge on any atom is 0.0245 e. The first-order valence-electron chi connectivity index (χ1n) is 6.59. The highest BCUT2D eigenvalue weighted by Gasteiger charge is 2.23. The first-order chi connectivity index (χ1) is 8.42. The number of hydrogen-bond donors (Lipinski definition) is 1. The van der Waals surface area contributed by atoms with Crippen LogP contribution in [0.3, 0.4) is 0 Å². The molecule has 0 bridgehead atoms. The summed E-state index contributed by atoms with van der Waals surface area (Å²) in [5, 5.41) is 4.31. The van der Waals surface area contributed by atoms with Gasteiger partial charge < -0.3 is 5.32 Å². The monoisotopic (exact) mass is 248 g/mol.